The van der Waals surface area contributed by atoms with Gasteiger partial charge in [0.2, 0.25) is 0 Å². The SMILES string of the molecule is C1=CC2Oc3c(ccc4ccccc34)C(c3ccccc3)(c3ccccc3)C2C=C1c1ccc2ccc3cccnc3c2n1. The molecular formula is C41H28N2O. The van der Waals surface area contributed by atoms with Crippen molar-refractivity contribution in [1.82, 2.24) is 9.97 Å². The highest BCUT2D eigenvalue weighted by molar-refractivity contribution is 6.03. The number of ether oxygens (including phenoxy) is 1. The number of nitrogens with zero attached hydrogens (tertiary/aromatic N) is 2. The molecule has 2 aromatic heterocycles. The molecule has 0 saturated carbocycles. The Balaban J connectivity index is 1.32. The number of fused-ring (bicyclic) bond motifs is 7. The standard InChI is InChI=1S/C41H28N2O/c1-3-12-31(13-4-1)41(32-14-5-2-6-15-32)34-22-19-27-10-7-8-16-33(27)40(34)44-37-24-21-30(26-35(37)41)36-23-20-29-18-17-28-11-9-25-42-38(28)39(29)43-36/h1-26,35,37H. The fourth-order valence-electron chi connectivity index (χ4n) is 7.46. The first-order valence-corrected chi connectivity index (χ1v) is 15.2. The fraction of sp³-hybridized carbons (Fsp3) is 0.0732. The zero-order valence-electron chi connectivity index (χ0n) is 24.0. The summed E-state index contributed by atoms with van der Waals surface area (Å²) < 4.78 is 7.00. The quantitative estimate of drug-likeness (QED) is 0.201. The van der Waals surface area contributed by atoms with Gasteiger partial charge in [0.15, 0.2) is 0 Å². The van der Waals surface area contributed by atoms with E-state index in [0.717, 1.165) is 44.2 Å². The van der Waals surface area contributed by atoms with Crippen LogP contribution in [-0.4, -0.2) is 16.1 Å². The van der Waals surface area contributed by atoms with E-state index < -0.39 is 5.41 Å². The van der Waals surface area contributed by atoms with Gasteiger partial charge in [-0.25, -0.2) is 4.98 Å². The smallest absolute Gasteiger partial charge is 0.132 e. The second kappa shape index (κ2) is 9.75. The highest BCUT2D eigenvalue weighted by Gasteiger charge is 2.52. The molecule has 0 radical (unpaired) electrons. The van der Waals surface area contributed by atoms with Gasteiger partial charge in [-0.3, -0.25) is 4.98 Å². The van der Waals surface area contributed by atoms with Crippen LogP contribution < -0.4 is 4.74 Å². The lowest BCUT2D eigenvalue weighted by Crippen LogP contribution is -2.49. The molecule has 0 saturated heterocycles. The van der Waals surface area contributed by atoms with E-state index in [-0.39, 0.29) is 12.0 Å². The van der Waals surface area contributed by atoms with Gasteiger partial charge in [0, 0.05) is 33.8 Å². The van der Waals surface area contributed by atoms with E-state index >= 15 is 0 Å². The molecule has 3 heteroatoms. The van der Waals surface area contributed by atoms with Crippen LogP contribution in [0.1, 0.15) is 22.4 Å². The Bertz CT molecular complexity index is 2230. The number of hydrogen-bond acceptors (Lipinski definition) is 3. The largest absolute Gasteiger partial charge is 0.485 e. The Morgan fingerprint density at radius 1 is 0.591 bits per heavy atom. The van der Waals surface area contributed by atoms with Gasteiger partial charge in [0.25, 0.3) is 0 Å². The summed E-state index contributed by atoms with van der Waals surface area (Å²) in [5.41, 5.74) is 7.05. The van der Waals surface area contributed by atoms with E-state index in [4.69, 9.17) is 14.7 Å². The van der Waals surface area contributed by atoms with Crippen molar-refractivity contribution in [2.24, 2.45) is 5.92 Å². The first-order chi connectivity index (χ1) is 21.8. The number of rotatable bonds is 3. The minimum absolute atomic E-state index is 0.0240. The predicted octanol–water partition coefficient (Wildman–Crippen LogP) is 9.30. The van der Waals surface area contributed by atoms with Crippen LogP contribution in [0.3, 0.4) is 0 Å². The summed E-state index contributed by atoms with van der Waals surface area (Å²) in [6, 6.07) is 47.5. The van der Waals surface area contributed by atoms with Crippen LogP contribution in [0.2, 0.25) is 0 Å². The first-order valence-electron chi connectivity index (χ1n) is 15.2. The second-order valence-corrected chi connectivity index (χ2v) is 11.7. The van der Waals surface area contributed by atoms with Crippen molar-refractivity contribution < 1.29 is 4.74 Å². The normalized spacial score (nSPS) is 18.4. The van der Waals surface area contributed by atoms with Gasteiger partial charge in [-0.2, -0.15) is 0 Å². The molecule has 0 N–H and O–H groups in total. The summed E-state index contributed by atoms with van der Waals surface area (Å²) in [5.74, 6) is 0.934. The fourth-order valence-corrected chi connectivity index (χ4v) is 7.46. The molecule has 2 aliphatic rings. The number of pyridine rings is 2. The first kappa shape index (κ1) is 25.0. The van der Waals surface area contributed by atoms with Crippen molar-refractivity contribution in [3.05, 3.63) is 180 Å². The number of benzene rings is 5. The van der Waals surface area contributed by atoms with Crippen molar-refractivity contribution in [3.63, 3.8) is 0 Å². The van der Waals surface area contributed by atoms with Crippen LogP contribution >= 0.6 is 0 Å². The molecule has 0 amide bonds. The molecule has 5 aromatic carbocycles. The van der Waals surface area contributed by atoms with Crippen LogP contribution in [0.25, 0.3) is 38.2 Å². The minimum Gasteiger partial charge on any atom is -0.485 e. The monoisotopic (exact) mass is 564 g/mol. The third-order valence-corrected chi connectivity index (χ3v) is 9.42. The van der Waals surface area contributed by atoms with Gasteiger partial charge in [0.05, 0.1) is 22.1 Å². The van der Waals surface area contributed by atoms with Crippen LogP contribution in [0.5, 0.6) is 5.75 Å². The zero-order valence-corrected chi connectivity index (χ0v) is 24.0. The van der Waals surface area contributed by atoms with Gasteiger partial charge in [-0.05, 0) is 40.3 Å². The maximum Gasteiger partial charge on any atom is 0.132 e. The molecule has 3 nitrogen and oxygen atoms in total. The van der Waals surface area contributed by atoms with Crippen LogP contribution in [0.15, 0.2) is 158 Å². The summed E-state index contributed by atoms with van der Waals surface area (Å²) in [6.45, 7) is 0. The molecular weight excluding hydrogens is 536 g/mol. The number of hydrogen-bond donors (Lipinski definition) is 0. The molecule has 2 unspecified atom stereocenters. The predicted molar refractivity (Wildman–Crippen MR) is 179 cm³/mol. The van der Waals surface area contributed by atoms with E-state index in [1.165, 1.54) is 22.1 Å². The maximum absolute atomic E-state index is 7.00. The molecule has 3 heterocycles. The molecule has 1 aliphatic heterocycles. The highest BCUT2D eigenvalue weighted by atomic mass is 16.5. The molecule has 1 aliphatic carbocycles. The van der Waals surface area contributed by atoms with Crippen molar-refractivity contribution in [1.29, 1.82) is 0 Å². The van der Waals surface area contributed by atoms with E-state index in [9.17, 15) is 0 Å². The van der Waals surface area contributed by atoms with E-state index in [0.29, 0.717) is 0 Å². The van der Waals surface area contributed by atoms with Gasteiger partial charge in [-0.15, -0.1) is 0 Å². The molecule has 9 rings (SSSR count). The third-order valence-electron chi connectivity index (χ3n) is 9.42. The van der Waals surface area contributed by atoms with Crippen molar-refractivity contribution in [2.45, 2.75) is 11.5 Å². The molecule has 44 heavy (non-hydrogen) atoms. The number of allylic oxidation sites excluding steroid dienone is 2. The van der Waals surface area contributed by atoms with Gasteiger partial charge >= 0.3 is 0 Å². The Kier molecular flexibility index (Phi) is 5.54. The topological polar surface area (TPSA) is 35.0 Å². The summed E-state index contributed by atoms with van der Waals surface area (Å²) in [4.78, 5) is 9.91. The summed E-state index contributed by atoms with van der Waals surface area (Å²) >= 11 is 0. The Morgan fingerprint density at radius 2 is 1.25 bits per heavy atom. The van der Waals surface area contributed by atoms with Gasteiger partial charge < -0.3 is 4.74 Å². The minimum atomic E-state index is -0.494. The molecule has 0 fully saturated rings. The Hall–Kier alpha value is -5.54. The van der Waals surface area contributed by atoms with E-state index in [1.807, 2.05) is 12.3 Å². The zero-order chi connectivity index (χ0) is 29.1. The average molecular weight is 565 g/mol. The summed E-state index contributed by atoms with van der Waals surface area (Å²) in [5, 5.41) is 4.49. The van der Waals surface area contributed by atoms with Gasteiger partial charge in [0.1, 0.15) is 11.9 Å². The van der Waals surface area contributed by atoms with Crippen molar-refractivity contribution in [3.8, 4) is 5.75 Å². The van der Waals surface area contributed by atoms with Crippen LogP contribution in [-0.2, 0) is 5.41 Å². The maximum atomic E-state index is 7.00. The summed E-state index contributed by atoms with van der Waals surface area (Å²) in [6.07, 6.45) is 8.49. The van der Waals surface area contributed by atoms with E-state index in [1.54, 1.807) is 0 Å². The van der Waals surface area contributed by atoms with Crippen molar-refractivity contribution >= 4 is 38.2 Å². The molecule has 208 valence electrons. The van der Waals surface area contributed by atoms with E-state index in [2.05, 4.69) is 146 Å². The van der Waals surface area contributed by atoms with Gasteiger partial charge in [-0.1, -0.05) is 133 Å². The third kappa shape index (κ3) is 3.62. The highest BCUT2D eigenvalue weighted by Crippen LogP contribution is 2.56. The van der Waals surface area contributed by atoms with Crippen LogP contribution in [0.4, 0.5) is 0 Å². The van der Waals surface area contributed by atoms with Crippen LogP contribution in [0, 0.1) is 5.92 Å². The molecule has 0 bridgehead atoms. The summed E-state index contributed by atoms with van der Waals surface area (Å²) in [7, 11) is 0. The molecule has 0 spiro atoms. The number of aromatic nitrogens is 2. The van der Waals surface area contributed by atoms with Crippen molar-refractivity contribution in [2.75, 3.05) is 0 Å². The molecule has 7 aromatic rings. The average Bonchev–Trinajstić information content (AvgIpc) is 3.11. The molecule has 2 atom stereocenters. The lowest BCUT2D eigenvalue weighted by molar-refractivity contribution is 0.142. The lowest BCUT2D eigenvalue weighted by atomic mass is 9.57. The lowest BCUT2D eigenvalue weighted by Gasteiger charge is -2.49. The Labute approximate surface area is 255 Å². The Morgan fingerprint density at radius 3 is 2.05 bits per heavy atom. The second-order valence-electron chi connectivity index (χ2n) is 11.7.